The highest BCUT2D eigenvalue weighted by Gasteiger charge is 2.30. The molecule has 2 nitrogen and oxygen atoms in total. The first-order chi connectivity index (χ1) is 8.85. The fraction of sp³-hybridized carbons (Fsp3) is 0.625. The Morgan fingerprint density at radius 1 is 1.06 bits per heavy atom. The van der Waals surface area contributed by atoms with Crippen LogP contribution in [0.25, 0.3) is 0 Å². The number of nitrogens with one attached hydrogen (secondary N) is 1. The van der Waals surface area contributed by atoms with Crippen LogP contribution in [-0.4, -0.2) is 24.8 Å². The molecule has 0 atom stereocenters. The molecule has 18 heavy (non-hydrogen) atoms. The topological polar surface area (TPSA) is 32.3 Å². The molecule has 0 radical (unpaired) electrons. The summed E-state index contributed by atoms with van der Waals surface area (Å²) >= 11 is 0. The van der Waals surface area contributed by atoms with E-state index in [4.69, 9.17) is 0 Å². The number of rotatable bonds is 6. The maximum atomic E-state index is 9.62. The summed E-state index contributed by atoms with van der Waals surface area (Å²) in [6.45, 7) is 2.31. The molecule has 2 rings (SSSR count). The van der Waals surface area contributed by atoms with Crippen molar-refractivity contribution in [2.75, 3.05) is 19.7 Å². The Morgan fingerprint density at radius 2 is 1.78 bits per heavy atom. The summed E-state index contributed by atoms with van der Waals surface area (Å²) in [6.07, 6.45) is 7.33. The third-order valence-corrected chi connectivity index (χ3v) is 4.18. The molecule has 1 fully saturated rings. The second kappa shape index (κ2) is 6.91. The molecule has 0 spiro atoms. The van der Waals surface area contributed by atoms with Crippen LogP contribution in [0.15, 0.2) is 30.3 Å². The van der Waals surface area contributed by atoms with E-state index in [0.717, 1.165) is 19.5 Å². The Labute approximate surface area is 110 Å². The van der Waals surface area contributed by atoms with Gasteiger partial charge in [0.1, 0.15) is 0 Å². The van der Waals surface area contributed by atoms with Crippen LogP contribution in [0.5, 0.6) is 0 Å². The molecule has 0 bridgehead atoms. The van der Waals surface area contributed by atoms with Crippen molar-refractivity contribution in [1.29, 1.82) is 0 Å². The van der Waals surface area contributed by atoms with Gasteiger partial charge < -0.3 is 10.4 Å². The van der Waals surface area contributed by atoms with Crippen LogP contribution in [0.3, 0.4) is 0 Å². The number of hydrogen-bond acceptors (Lipinski definition) is 2. The van der Waals surface area contributed by atoms with E-state index in [2.05, 4.69) is 35.6 Å². The summed E-state index contributed by atoms with van der Waals surface area (Å²) in [5.74, 6) is 0. The van der Waals surface area contributed by atoms with E-state index in [1.807, 2.05) is 0 Å². The minimum absolute atomic E-state index is 0.162. The molecule has 2 heteroatoms. The van der Waals surface area contributed by atoms with Gasteiger partial charge in [-0.05, 0) is 31.4 Å². The van der Waals surface area contributed by atoms with Crippen molar-refractivity contribution >= 4 is 0 Å². The number of hydrogen-bond donors (Lipinski definition) is 2. The van der Waals surface area contributed by atoms with Gasteiger partial charge in [-0.1, -0.05) is 49.6 Å². The Balaban J connectivity index is 1.71. The van der Waals surface area contributed by atoms with Gasteiger partial charge in [-0.25, -0.2) is 0 Å². The monoisotopic (exact) mass is 247 g/mol. The summed E-state index contributed by atoms with van der Waals surface area (Å²) in [5.41, 5.74) is 1.54. The van der Waals surface area contributed by atoms with Gasteiger partial charge in [0.2, 0.25) is 0 Å². The normalized spacial score (nSPS) is 18.7. The highest BCUT2D eigenvalue weighted by Crippen LogP contribution is 2.35. The smallest absolute Gasteiger partial charge is 0.0499 e. The zero-order valence-electron chi connectivity index (χ0n) is 11.2. The van der Waals surface area contributed by atoms with Crippen LogP contribution >= 0.6 is 0 Å². The average molecular weight is 247 g/mol. The van der Waals surface area contributed by atoms with E-state index in [1.54, 1.807) is 0 Å². The molecule has 0 heterocycles. The van der Waals surface area contributed by atoms with Gasteiger partial charge >= 0.3 is 0 Å². The number of aliphatic hydroxyl groups is 1. The molecule has 1 aromatic carbocycles. The van der Waals surface area contributed by atoms with Gasteiger partial charge in [0, 0.05) is 18.6 Å². The maximum absolute atomic E-state index is 9.62. The van der Waals surface area contributed by atoms with Crippen LogP contribution in [0.1, 0.15) is 37.7 Å². The largest absolute Gasteiger partial charge is 0.396 e. The molecule has 1 aliphatic carbocycles. The van der Waals surface area contributed by atoms with E-state index in [1.165, 1.54) is 37.7 Å². The average Bonchev–Trinajstić information content (AvgIpc) is 2.46. The van der Waals surface area contributed by atoms with Crippen LogP contribution in [-0.2, 0) is 6.42 Å². The van der Waals surface area contributed by atoms with Crippen LogP contribution in [0.2, 0.25) is 0 Å². The van der Waals surface area contributed by atoms with Gasteiger partial charge in [-0.15, -0.1) is 0 Å². The molecule has 1 saturated carbocycles. The zero-order chi connectivity index (χ0) is 12.7. The second-order valence-electron chi connectivity index (χ2n) is 5.63. The van der Waals surface area contributed by atoms with E-state index in [9.17, 15) is 5.11 Å². The Morgan fingerprint density at radius 3 is 2.44 bits per heavy atom. The summed E-state index contributed by atoms with van der Waals surface area (Å²) in [6, 6.07) is 10.6. The maximum Gasteiger partial charge on any atom is 0.0499 e. The first-order valence-electron chi connectivity index (χ1n) is 7.20. The first-order valence-corrected chi connectivity index (χ1v) is 7.20. The predicted molar refractivity (Wildman–Crippen MR) is 75.6 cm³/mol. The summed E-state index contributed by atoms with van der Waals surface area (Å²) in [4.78, 5) is 0. The van der Waals surface area contributed by atoms with Crippen molar-refractivity contribution in [1.82, 2.24) is 5.32 Å². The molecule has 0 unspecified atom stereocenters. The van der Waals surface area contributed by atoms with Gasteiger partial charge in [0.15, 0.2) is 0 Å². The first kappa shape index (κ1) is 13.6. The summed E-state index contributed by atoms with van der Waals surface area (Å²) in [5, 5.41) is 13.2. The van der Waals surface area contributed by atoms with Gasteiger partial charge in [0.25, 0.3) is 0 Å². The van der Waals surface area contributed by atoms with Crippen molar-refractivity contribution < 1.29 is 5.11 Å². The lowest BCUT2D eigenvalue weighted by Gasteiger charge is -2.35. The van der Waals surface area contributed by atoms with Crippen molar-refractivity contribution in [2.45, 2.75) is 38.5 Å². The minimum Gasteiger partial charge on any atom is -0.396 e. The molecule has 0 aromatic heterocycles. The molecular formula is C16H25NO. The van der Waals surface area contributed by atoms with E-state index in [-0.39, 0.29) is 5.41 Å². The highest BCUT2D eigenvalue weighted by molar-refractivity contribution is 5.14. The van der Waals surface area contributed by atoms with Gasteiger partial charge in [-0.2, -0.15) is 0 Å². The van der Waals surface area contributed by atoms with Gasteiger partial charge in [-0.3, -0.25) is 0 Å². The molecule has 100 valence electrons. The SMILES string of the molecule is OCC1(CNCCc2ccccc2)CCCCC1. The summed E-state index contributed by atoms with van der Waals surface area (Å²) in [7, 11) is 0. The highest BCUT2D eigenvalue weighted by atomic mass is 16.3. The van der Waals surface area contributed by atoms with Crippen LogP contribution in [0, 0.1) is 5.41 Å². The standard InChI is InChI=1S/C16H25NO/c18-14-16(10-5-2-6-11-16)13-17-12-9-15-7-3-1-4-8-15/h1,3-4,7-8,17-18H,2,5-6,9-14H2. The third kappa shape index (κ3) is 3.82. The van der Waals surface area contributed by atoms with E-state index in [0.29, 0.717) is 6.61 Å². The van der Waals surface area contributed by atoms with Crippen molar-refractivity contribution in [2.24, 2.45) is 5.41 Å². The molecule has 1 aromatic rings. The molecule has 0 aliphatic heterocycles. The van der Waals surface area contributed by atoms with Crippen molar-refractivity contribution in [3.05, 3.63) is 35.9 Å². The zero-order valence-corrected chi connectivity index (χ0v) is 11.2. The summed E-state index contributed by atoms with van der Waals surface area (Å²) < 4.78 is 0. The number of benzene rings is 1. The third-order valence-electron chi connectivity index (χ3n) is 4.18. The Hall–Kier alpha value is -0.860. The lowest BCUT2D eigenvalue weighted by Crippen LogP contribution is -2.39. The Bertz CT molecular complexity index is 330. The molecule has 0 amide bonds. The lowest BCUT2D eigenvalue weighted by atomic mass is 9.74. The molecule has 0 saturated heterocycles. The van der Waals surface area contributed by atoms with Crippen LogP contribution < -0.4 is 5.32 Å². The molecule has 1 aliphatic rings. The minimum atomic E-state index is 0.162. The molecule has 2 N–H and O–H groups in total. The lowest BCUT2D eigenvalue weighted by molar-refractivity contribution is 0.0816. The van der Waals surface area contributed by atoms with Crippen LogP contribution in [0.4, 0.5) is 0 Å². The molecular weight excluding hydrogens is 222 g/mol. The quantitative estimate of drug-likeness (QED) is 0.758. The van der Waals surface area contributed by atoms with Gasteiger partial charge in [0.05, 0.1) is 0 Å². The van der Waals surface area contributed by atoms with Crippen molar-refractivity contribution in [3.8, 4) is 0 Å². The Kier molecular flexibility index (Phi) is 5.21. The van der Waals surface area contributed by atoms with Crippen molar-refractivity contribution in [3.63, 3.8) is 0 Å². The second-order valence-corrected chi connectivity index (χ2v) is 5.63. The number of aliphatic hydroxyl groups excluding tert-OH is 1. The van der Waals surface area contributed by atoms with E-state index >= 15 is 0 Å². The predicted octanol–water partition coefficient (Wildman–Crippen LogP) is 2.76. The fourth-order valence-electron chi connectivity index (χ4n) is 2.92. The fourth-order valence-corrected chi connectivity index (χ4v) is 2.92. The van der Waals surface area contributed by atoms with E-state index < -0.39 is 0 Å².